The van der Waals surface area contributed by atoms with Gasteiger partial charge in [0, 0.05) is 11.1 Å². The van der Waals surface area contributed by atoms with E-state index >= 15 is 0 Å². The summed E-state index contributed by atoms with van der Waals surface area (Å²) in [6.45, 7) is 0. The highest BCUT2D eigenvalue weighted by molar-refractivity contribution is 7.80. The van der Waals surface area contributed by atoms with Crippen LogP contribution in [0.1, 0.15) is 0 Å². The molecule has 4 heteroatoms. The number of halogens is 2. The van der Waals surface area contributed by atoms with Crippen molar-refractivity contribution >= 4 is 12.6 Å². The number of aromatic nitrogens is 1. The van der Waals surface area contributed by atoms with Crippen LogP contribution in [0.15, 0.2) is 17.2 Å². The third-order valence-corrected chi connectivity index (χ3v) is 1.03. The fourth-order valence-corrected chi connectivity index (χ4v) is 0.582. The minimum absolute atomic E-state index is 0.314. The second-order valence-electron chi connectivity index (χ2n) is 1.47. The quantitative estimate of drug-likeness (QED) is 0.435. The highest BCUT2D eigenvalue weighted by Gasteiger charge is 1.99. The van der Waals surface area contributed by atoms with E-state index in [0.29, 0.717) is 4.90 Å². The van der Waals surface area contributed by atoms with Crippen LogP contribution in [0.4, 0.5) is 8.78 Å². The van der Waals surface area contributed by atoms with E-state index in [1.54, 1.807) is 0 Å². The van der Waals surface area contributed by atoms with Crippen molar-refractivity contribution in [2.75, 3.05) is 0 Å². The Bertz CT molecular complexity index is 226. The molecule has 48 valence electrons. The summed E-state index contributed by atoms with van der Waals surface area (Å²) < 4.78 is 24.1. The summed E-state index contributed by atoms with van der Waals surface area (Å²) in [5.41, 5.74) is 0. The zero-order chi connectivity index (χ0) is 6.85. The van der Waals surface area contributed by atoms with Gasteiger partial charge >= 0.3 is 0 Å². The monoisotopic (exact) mass is 147 g/mol. The van der Waals surface area contributed by atoms with E-state index in [1.165, 1.54) is 0 Å². The molecule has 1 heterocycles. The molecule has 0 saturated carbocycles. The Morgan fingerprint density at radius 2 is 2.11 bits per heavy atom. The molecule has 1 nitrogen and oxygen atoms in total. The van der Waals surface area contributed by atoms with E-state index in [-0.39, 0.29) is 0 Å². The van der Waals surface area contributed by atoms with Gasteiger partial charge in [-0.15, -0.1) is 12.6 Å². The molecular weight excluding hydrogens is 144 g/mol. The Labute approximate surface area is 56.1 Å². The first kappa shape index (κ1) is 6.48. The van der Waals surface area contributed by atoms with Crippen molar-refractivity contribution in [2.24, 2.45) is 0 Å². The first-order chi connectivity index (χ1) is 4.20. The number of pyridine rings is 1. The third kappa shape index (κ3) is 1.38. The molecule has 9 heavy (non-hydrogen) atoms. The average molecular weight is 147 g/mol. The molecule has 0 aromatic carbocycles. The summed E-state index contributed by atoms with van der Waals surface area (Å²) in [5.74, 6) is -2.06. The van der Waals surface area contributed by atoms with Crippen molar-refractivity contribution in [2.45, 2.75) is 4.90 Å². The first-order valence-corrected chi connectivity index (χ1v) is 2.65. The lowest BCUT2D eigenvalue weighted by Gasteiger charge is -1.90. The molecule has 0 unspecified atom stereocenters. The SMILES string of the molecule is Fc1cc(S)cnc1F. The summed E-state index contributed by atoms with van der Waals surface area (Å²) in [6, 6.07) is 0.964. The number of nitrogens with zero attached hydrogens (tertiary/aromatic N) is 1. The van der Waals surface area contributed by atoms with Gasteiger partial charge in [-0.2, -0.15) is 4.39 Å². The zero-order valence-electron chi connectivity index (χ0n) is 4.31. The van der Waals surface area contributed by atoms with Gasteiger partial charge in [0.1, 0.15) is 0 Å². The van der Waals surface area contributed by atoms with Crippen LogP contribution in [0.3, 0.4) is 0 Å². The van der Waals surface area contributed by atoms with E-state index < -0.39 is 11.8 Å². The predicted octanol–water partition coefficient (Wildman–Crippen LogP) is 1.65. The van der Waals surface area contributed by atoms with Crippen LogP contribution < -0.4 is 0 Å². The number of hydrogen-bond donors (Lipinski definition) is 1. The minimum Gasteiger partial charge on any atom is -0.225 e. The van der Waals surface area contributed by atoms with Crippen molar-refractivity contribution in [3.8, 4) is 0 Å². The van der Waals surface area contributed by atoms with E-state index in [0.717, 1.165) is 12.3 Å². The van der Waals surface area contributed by atoms with Gasteiger partial charge in [0.25, 0.3) is 0 Å². The van der Waals surface area contributed by atoms with Crippen LogP contribution >= 0.6 is 12.6 Å². The van der Waals surface area contributed by atoms with Gasteiger partial charge in [-0.1, -0.05) is 0 Å². The number of rotatable bonds is 0. The highest BCUT2D eigenvalue weighted by atomic mass is 32.1. The fraction of sp³-hybridized carbons (Fsp3) is 0. The van der Waals surface area contributed by atoms with Crippen LogP contribution in [0, 0.1) is 11.8 Å². The third-order valence-electron chi connectivity index (χ3n) is 0.782. The molecule has 1 rings (SSSR count). The summed E-state index contributed by atoms with van der Waals surface area (Å²) >= 11 is 3.73. The Kier molecular flexibility index (Phi) is 1.66. The van der Waals surface area contributed by atoms with Gasteiger partial charge in [0.15, 0.2) is 5.82 Å². The van der Waals surface area contributed by atoms with Crippen molar-refractivity contribution in [1.29, 1.82) is 0 Å². The summed E-state index contributed by atoms with van der Waals surface area (Å²) in [6.07, 6.45) is 1.14. The second kappa shape index (κ2) is 2.31. The van der Waals surface area contributed by atoms with Gasteiger partial charge in [0.05, 0.1) is 0 Å². The number of thiol groups is 1. The number of hydrogen-bond acceptors (Lipinski definition) is 2. The molecule has 0 fully saturated rings. The van der Waals surface area contributed by atoms with Crippen LogP contribution in [-0.2, 0) is 0 Å². The first-order valence-electron chi connectivity index (χ1n) is 2.20. The van der Waals surface area contributed by atoms with Crippen LogP contribution in [-0.4, -0.2) is 4.98 Å². The van der Waals surface area contributed by atoms with E-state index in [4.69, 9.17) is 0 Å². The summed E-state index contributed by atoms with van der Waals surface area (Å²) in [5, 5.41) is 0. The van der Waals surface area contributed by atoms with Crippen molar-refractivity contribution in [1.82, 2.24) is 4.98 Å². The highest BCUT2D eigenvalue weighted by Crippen LogP contribution is 2.07. The predicted molar refractivity (Wildman–Crippen MR) is 31.4 cm³/mol. The maximum absolute atomic E-state index is 12.1. The van der Waals surface area contributed by atoms with E-state index in [1.807, 2.05) is 0 Å². The summed E-state index contributed by atoms with van der Waals surface area (Å²) in [4.78, 5) is 3.37. The second-order valence-corrected chi connectivity index (χ2v) is 1.98. The van der Waals surface area contributed by atoms with Crippen LogP contribution in [0.25, 0.3) is 0 Å². The lowest BCUT2D eigenvalue weighted by atomic mass is 10.5. The average Bonchev–Trinajstić information content (AvgIpc) is 1.80. The van der Waals surface area contributed by atoms with Crippen LogP contribution in [0.5, 0.6) is 0 Å². The molecule has 0 aliphatic carbocycles. The largest absolute Gasteiger partial charge is 0.248 e. The molecule has 0 spiro atoms. The molecule has 1 aromatic heterocycles. The van der Waals surface area contributed by atoms with Gasteiger partial charge in [0.2, 0.25) is 5.95 Å². The van der Waals surface area contributed by atoms with E-state index in [2.05, 4.69) is 17.6 Å². The standard InChI is InChI=1S/C5H3F2NS/c6-4-1-3(9)2-8-5(4)7/h1-2,9H. The summed E-state index contributed by atoms with van der Waals surface area (Å²) in [7, 11) is 0. The Hall–Kier alpha value is -0.640. The normalized spacial score (nSPS) is 9.67. The maximum atomic E-state index is 12.1. The van der Waals surface area contributed by atoms with Crippen molar-refractivity contribution in [3.05, 3.63) is 24.0 Å². The van der Waals surface area contributed by atoms with Gasteiger partial charge in [-0.05, 0) is 6.07 Å². The van der Waals surface area contributed by atoms with E-state index in [9.17, 15) is 8.78 Å². The molecule has 0 aliphatic heterocycles. The zero-order valence-corrected chi connectivity index (χ0v) is 5.20. The molecular formula is C5H3F2NS. The molecule has 0 amide bonds. The van der Waals surface area contributed by atoms with Crippen molar-refractivity contribution in [3.63, 3.8) is 0 Å². The lowest BCUT2D eigenvalue weighted by molar-refractivity contribution is 0.475. The molecule has 0 radical (unpaired) electrons. The Balaban J connectivity index is 3.17. The molecule has 1 aromatic rings. The van der Waals surface area contributed by atoms with Crippen molar-refractivity contribution < 1.29 is 8.78 Å². The van der Waals surface area contributed by atoms with Gasteiger partial charge in [-0.25, -0.2) is 9.37 Å². The minimum atomic E-state index is -1.09. The van der Waals surface area contributed by atoms with Gasteiger partial charge < -0.3 is 0 Å². The molecule has 0 aliphatic rings. The molecule has 0 N–H and O–H groups in total. The topological polar surface area (TPSA) is 12.9 Å². The fourth-order valence-electron chi connectivity index (χ4n) is 0.411. The molecule has 0 saturated heterocycles. The lowest BCUT2D eigenvalue weighted by Crippen LogP contribution is -1.86. The van der Waals surface area contributed by atoms with Gasteiger partial charge in [-0.3, -0.25) is 0 Å². The maximum Gasteiger partial charge on any atom is 0.248 e. The molecule has 0 atom stereocenters. The smallest absolute Gasteiger partial charge is 0.225 e. The Morgan fingerprint density at radius 1 is 1.44 bits per heavy atom. The van der Waals surface area contributed by atoms with Crippen LogP contribution in [0.2, 0.25) is 0 Å². The molecule has 0 bridgehead atoms. The Morgan fingerprint density at radius 3 is 2.56 bits per heavy atom.